The summed E-state index contributed by atoms with van der Waals surface area (Å²) in [7, 11) is 0. The maximum absolute atomic E-state index is 8.81. The summed E-state index contributed by atoms with van der Waals surface area (Å²) in [4.78, 5) is 8.81. The van der Waals surface area contributed by atoms with Crippen molar-refractivity contribution < 1.29 is 10.0 Å². The Bertz CT molecular complexity index is 20.0. The summed E-state index contributed by atoms with van der Waals surface area (Å²) < 4.78 is 0. The number of nitrogens with one attached hydrogen (secondary N) is 1. The van der Waals surface area contributed by atoms with E-state index in [2.05, 4.69) is 0 Å². The predicted octanol–water partition coefficient (Wildman–Crippen LogP) is -0.878. The van der Waals surface area contributed by atoms with Crippen LogP contribution in [0.5, 0.6) is 0 Å². The van der Waals surface area contributed by atoms with Gasteiger partial charge in [-0.15, -0.1) is 0 Å². The fraction of sp³-hybridized carbons (Fsp3) is 0. The van der Waals surface area contributed by atoms with Gasteiger partial charge in [-0.25, -0.2) is 5.48 Å². The van der Waals surface area contributed by atoms with Crippen LogP contribution in [0.15, 0.2) is 0 Å². The van der Waals surface area contributed by atoms with Crippen molar-refractivity contribution in [2.24, 2.45) is 0 Å². The predicted molar refractivity (Wildman–Crippen MR) is 11.0 cm³/mol. The molecule has 0 atom stereocenters. The number of carbonyl (C=O) groups is 1. The first-order valence-electron chi connectivity index (χ1n) is 0.748. The van der Waals surface area contributed by atoms with Gasteiger partial charge in [0, 0.05) is 0 Å². The highest BCUT2D eigenvalue weighted by atomic mass is 16.5. The van der Waals surface area contributed by atoms with E-state index in [0.29, 0.717) is 0 Å². The zero-order chi connectivity index (χ0) is 3.41. The molecule has 0 saturated carbocycles. The molecule has 4 heavy (non-hydrogen) atoms. The van der Waals surface area contributed by atoms with Gasteiger partial charge in [0.15, 0.2) is 0 Å². The average molecular weight is 61.0 g/mol. The zero-order valence-electron chi connectivity index (χ0n) is 1.93. The summed E-state index contributed by atoms with van der Waals surface area (Å²) in [5.41, 5.74) is 1.25. The molecule has 0 aliphatic rings. The topological polar surface area (TPSA) is 49.3 Å². The summed E-state index contributed by atoms with van der Waals surface area (Å²) >= 11 is 0. The molecule has 1 amide bonds. The average Bonchev–Trinajstić information content (AvgIpc) is 1.37. The molecule has 0 aliphatic heterocycles. The van der Waals surface area contributed by atoms with E-state index in [1.54, 1.807) is 0 Å². The molecule has 0 aromatic rings. The van der Waals surface area contributed by atoms with Gasteiger partial charge in [0.1, 0.15) is 0 Å². The fourth-order valence-corrected chi connectivity index (χ4v) is 0. The summed E-state index contributed by atoms with van der Waals surface area (Å²) in [6.45, 7) is 0. The minimum Gasteiger partial charge on any atom is -0.289 e. The lowest BCUT2D eigenvalue weighted by Crippen LogP contribution is -1.99. The molecule has 0 bridgehead atoms. The van der Waals surface area contributed by atoms with Crippen molar-refractivity contribution in [2.75, 3.05) is 0 Å². The van der Waals surface area contributed by atoms with Crippen LogP contribution in [0, 0.1) is 0 Å². The van der Waals surface area contributed by atoms with Crippen molar-refractivity contribution >= 4 is 6.41 Å². The third kappa shape index (κ3) is 1.43. The largest absolute Gasteiger partial charge is 0.289 e. The molecule has 0 aromatic carbocycles. The highest BCUT2D eigenvalue weighted by Crippen LogP contribution is 1.08. The molecule has 0 unspecified atom stereocenters. The Labute approximate surface area is 23.2 Å². The molecule has 0 aromatic heterocycles. The monoisotopic (exact) mass is 61.0 g/mol. The molecule has 3 heteroatoms. The number of hydrogen-bond donors (Lipinski definition) is 2. The molecular weight excluding hydrogens is 58.0 g/mol. The van der Waals surface area contributed by atoms with E-state index >= 15 is 0 Å². The first kappa shape index (κ1) is 3.43. The van der Waals surface area contributed by atoms with Crippen LogP contribution >= 0.6 is 0 Å². The molecule has 0 radical (unpaired) electrons. The molecule has 0 aliphatic carbocycles. The summed E-state index contributed by atoms with van der Waals surface area (Å²) in [6.07, 6.45) is 0.181. The van der Waals surface area contributed by atoms with Gasteiger partial charge in [-0.1, -0.05) is 0 Å². The Hall–Kier alpha value is -0.570. The third-order valence-corrected chi connectivity index (χ3v) is 0.0527. The number of amides is 1. The van der Waals surface area contributed by atoms with Crippen LogP contribution in [-0.2, 0) is 4.79 Å². The van der Waals surface area contributed by atoms with Gasteiger partial charge in [0.25, 0.3) is 0 Å². The van der Waals surface area contributed by atoms with Crippen molar-refractivity contribution in [1.82, 2.24) is 5.48 Å². The van der Waals surface area contributed by atoms with Gasteiger partial charge < -0.3 is 0 Å². The molecule has 2 N–H and O–H groups in total. The second-order valence-corrected chi connectivity index (χ2v) is 0.247. The highest BCUT2D eigenvalue weighted by Gasteiger charge is 1.44. The molecule has 0 spiro atoms. The van der Waals surface area contributed by atoms with E-state index < -0.39 is 0 Å². The van der Waals surface area contributed by atoms with Crippen LogP contribution in [0.4, 0.5) is 0 Å². The van der Waals surface area contributed by atoms with Crippen LogP contribution in [0.1, 0.15) is 0 Å². The van der Waals surface area contributed by atoms with Gasteiger partial charge in [-0.3, -0.25) is 10.0 Å². The Morgan fingerprint density at radius 2 is 2.25 bits per heavy atom. The van der Waals surface area contributed by atoms with Crippen molar-refractivity contribution in [2.45, 2.75) is 0 Å². The van der Waals surface area contributed by atoms with Gasteiger partial charge in [-0.2, -0.15) is 0 Å². The number of carbonyl (C=O) groups excluding carboxylic acids is 1. The third-order valence-electron chi connectivity index (χ3n) is 0.0527. The molecule has 0 fully saturated rings. The van der Waals surface area contributed by atoms with Crippen LogP contribution in [-0.4, -0.2) is 11.6 Å². The summed E-state index contributed by atoms with van der Waals surface area (Å²) in [5.74, 6) is 0. The Balaban J connectivity index is 2.30. The lowest BCUT2D eigenvalue weighted by Gasteiger charge is -1.64. The summed E-state index contributed by atoms with van der Waals surface area (Å²) in [6, 6.07) is 0. The standard InChI is InChI=1S/CH3NO2/c3-1-2-4/h1,4H,(H,2,3). The molecule has 0 heterocycles. The number of hydrogen-bond acceptors (Lipinski definition) is 2. The Morgan fingerprint density at radius 3 is 2.25 bits per heavy atom. The van der Waals surface area contributed by atoms with Gasteiger partial charge in [0.2, 0.25) is 6.41 Å². The van der Waals surface area contributed by atoms with E-state index in [9.17, 15) is 0 Å². The van der Waals surface area contributed by atoms with E-state index in [1.165, 1.54) is 5.48 Å². The van der Waals surface area contributed by atoms with Crippen molar-refractivity contribution in [3.63, 3.8) is 0 Å². The molecular formula is CH3NO2. The molecule has 24 valence electrons. The zero-order valence-corrected chi connectivity index (χ0v) is 1.93. The van der Waals surface area contributed by atoms with Crippen molar-refractivity contribution in [3.05, 3.63) is 0 Å². The van der Waals surface area contributed by atoms with Crippen molar-refractivity contribution in [3.8, 4) is 0 Å². The minimum absolute atomic E-state index is 0.181. The van der Waals surface area contributed by atoms with Gasteiger partial charge >= 0.3 is 0 Å². The second kappa shape index (κ2) is 2.43. The fourth-order valence-electron chi connectivity index (χ4n) is 0. The number of rotatable bonds is 1. The molecule has 0 saturated heterocycles. The van der Waals surface area contributed by atoms with E-state index in [-0.39, 0.29) is 6.41 Å². The van der Waals surface area contributed by atoms with Gasteiger partial charge in [-0.05, 0) is 0 Å². The van der Waals surface area contributed by atoms with Crippen LogP contribution in [0.2, 0.25) is 0 Å². The maximum Gasteiger partial charge on any atom is 0.230 e. The lowest BCUT2D eigenvalue weighted by atomic mass is 11.5. The number of hydroxylamine groups is 1. The highest BCUT2D eigenvalue weighted by molar-refractivity contribution is 5.43. The lowest BCUT2D eigenvalue weighted by molar-refractivity contribution is -0.116. The molecule has 3 nitrogen and oxygen atoms in total. The Kier molecular flexibility index (Phi) is 2.08. The van der Waals surface area contributed by atoms with Crippen molar-refractivity contribution in [1.29, 1.82) is 0 Å². The quantitative estimate of drug-likeness (QED) is 0.235. The summed E-state index contributed by atoms with van der Waals surface area (Å²) in [5, 5.41) is 7.26. The van der Waals surface area contributed by atoms with Crippen LogP contribution in [0.25, 0.3) is 0 Å². The minimum atomic E-state index is 0.181. The first-order chi connectivity index (χ1) is 1.91. The van der Waals surface area contributed by atoms with E-state index in [0.717, 1.165) is 0 Å². The smallest absolute Gasteiger partial charge is 0.230 e. The molecule has 0 rings (SSSR count). The first-order valence-corrected chi connectivity index (χ1v) is 0.748. The maximum atomic E-state index is 8.81. The van der Waals surface area contributed by atoms with E-state index in [4.69, 9.17) is 10.0 Å². The Morgan fingerprint density at radius 1 is 2.00 bits per heavy atom. The van der Waals surface area contributed by atoms with Crippen LogP contribution in [0.3, 0.4) is 0 Å². The van der Waals surface area contributed by atoms with E-state index in [1.807, 2.05) is 0 Å². The second-order valence-electron chi connectivity index (χ2n) is 0.247. The SMILES string of the molecule is O=CNO. The van der Waals surface area contributed by atoms with Gasteiger partial charge in [0.05, 0.1) is 0 Å². The van der Waals surface area contributed by atoms with Crippen LogP contribution < -0.4 is 5.48 Å². The normalized spacial score (nSPS) is 5.25.